The maximum atomic E-state index is 12.5. The lowest BCUT2D eigenvalue weighted by molar-refractivity contribution is -0.138. The second-order valence-corrected chi connectivity index (χ2v) is 7.53. The molecule has 0 aliphatic heterocycles. The average molecular weight is 393 g/mol. The van der Waals surface area contributed by atoms with Crippen LogP contribution in [0, 0.1) is 12.3 Å². The van der Waals surface area contributed by atoms with E-state index in [0.29, 0.717) is 28.7 Å². The molecule has 0 aromatic heterocycles. The number of aryl methyl sites for hydroxylation is 1. The van der Waals surface area contributed by atoms with Crippen LogP contribution in [0.15, 0.2) is 42.5 Å². The molecule has 4 nitrogen and oxygen atoms in total. The third-order valence-electron chi connectivity index (χ3n) is 4.14. The molecule has 0 radical (unpaired) electrons. The van der Waals surface area contributed by atoms with Gasteiger partial charge in [-0.3, -0.25) is 9.59 Å². The Kier molecular flexibility index (Phi) is 6.68. The summed E-state index contributed by atoms with van der Waals surface area (Å²) in [6.07, 6.45) is 0.553. The minimum atomic E-state index is -1.20. The molecular weight excluding hydrogens is 371 g/mol. The average Bonchev–Trinajstić information content (AvgIpc) is 2.58. The Bertz CT molecular complexity index is 802. The summed E-state index contributed by atoms with van der Waals surface area (Å²) in [5, 5.41) is 6.70. The second-order valence-electron chi connectivity index (χ2n) is 6.69. The predicted molar refractivity (Wildman–Crippen MR) is 107 cm³/mol. The first kappa shape index (κ1) is 20.3. The smallest absolute Gasteiger partial charge is 0.239 e. The van der Waals surface area contributed by atoms with Crippen LogP contribution in [0.4, 0.5) is 5.69 Å². The van der Waals surface area contributed by atoms with Crippen molar-refractivity contribution < 1.29 is 9.59 Å². The van der Waals surface area contributed by atoms with Crippen molar-refractivity contribution in [3.63, 3.8) is 0 Å². The third-order valence-corrected chi connectivity index (χ3v) is 4.73. The van der Waals surface area contributed by atoms with E-state index in [2.05, 4.69) is 10.6 Å². The number of carbonyl (C=O) groups is 2. The Morgan fingerprint density at radius 1 is 1.00 bits per heavy atom. The SMILES string of the molecule is Cc1ccc(NC(=O)C(C)(C)C(=O)NCCc2ccc(Cl)cc2Cl)cc1. The van der Waals surface area contributed by atoms with Crippen LogP contribution in [0.1, 0.15) is 25.0 Å². The minimum Gasteiger partial charge on any atom is -0.355 e. The van der Waals surface area contributed by atoms with Crippen LogP contribution in [-0.4, -0.2) is 18.4 Å². The van der Waals surface area contributed by atoms with E-state index in [1.807, 2.05) is 37.3 Å². The van der Waals surface area contributed by atoms with Gasteiger partial charge in [-0.05, 0) is 57.0 Å². The number of amides is 2. The lowest BCUT2D eigenvalue weighted by atomic mass is 9.90. The first-order valence-corrected chi connectivity index (χ1v) is 9.06. The molecule has 0 fully saturated rings. The predicted octanol–water partition coefficient (Wildman–Crippen LogP) is 4.63. The quantitative estimate of drug-likeness (QED) is 0.704. The molecule has 0 heterocycles. The molecule has 26 heavy (non-hydrogen) atoms. The van der Waals surface area contributed by atoms with Crippen molar-refractivity contribution in [2.45, 2.75) is 27.2 Å². The van der Waals surface area contributed by atoms with E-state index in [9.17, 15) is 9.59 Å². The summed E-state index contributed by atoms with van der Waals surface area (Å²) >= 11 is 12.0. The van der Waals surface area contributed by atoms with Gasteiger partial charge in [0, 0.05) is 22.3 Å². The molecule has 0 aliphatic rings. The molecule has 0 unspecified atom stereocenters. The normalized spacial score (nSPS) is 11.1. The van der Waals surface area contributed by atoms with Crippen molar-refractivity contribution >= 4 is 40.7 Å². The molecule has 0 bridgehead atoms. The molecule has 2 aromatic carbocycles. The van der Waals surface area contributed by atoms with Crippen molar-refractivity contribution in [3.8, 4) is 0 Å². The monoisotopic (exact) mass is 392 g/mol. The number of nitrogens with one attached hydrogen (secondary N) is 2. The molecule has 0 saturated carbocycles. The van der Waals surface area contributed by atoms with Crippen molar-refractivity contribution in [1.82, 2.24) is 5.32 Å². The van der Waals surface area contributed by atoms with Gasteiger partial charge in [0.25, 0.3) is 0 Å². The number of hydrogen-bond acceptors (Lipinski definition) is 2. The Hall–Kier alpha value is -2.04. The van der Waals surface area contributed by atoms with E-state index in [0.717, 1.165) is 11.1 Å². The van der Waals surface area contributed by atoms with Crippen molar-refractivity contribution in [2.24, 2.45) is 5.41 Å². The van der Waals surface area contributed by atoms with Crippen LogP contribution in [0.25, 0.3) is 0 Å². The molecule has 6 heteroatoms. The van der Waals surface area contributed by atoms with Gasteiger partial charge in [-0.2, -0.15) is 0 Å². The maximum absolute atomic E-state index is 12.5. The topological polar surface area (TPSA) is 58.2 Å². The summed E-state index contributed by atoms with van der Waals surface area (Å²) in [5.41, 5.74) is 1.45. The number of hydrogen-bond donors (Lipinski definition) is 2. The van der Waals surface area contributed by atoms with Crippen LogP contribution in [0.3, 0.4) is 0 Å². The summed E-state index contributed by atoms with van der Waals surface area (Å²) in [4.78, 5) is 24.9. The number of carbonyl (C=O) groups excluding carboxylic acids is 2. The summed E-state index contributed by atoms with van der Waals surface area (Å²) in [6.45, 7) is 5.54. The van der Waals surface area contributed by atoms with Crippen LogP contribution >= 0.6 is 23.2 Å². The van der Waals surface area contributed by atoms with Crippen LogP contribution in [0.5, 0.6) is 0 Å². The standard InChI is InChI=1S/C20H22Cl2N2O2/c1-13-4-8-16(9-5-13)24-19(26)20(2,3)18(25)23-11-10-14-6-7-15(21)12-17(14)22/h4-9,12H,10-11H2,1-3H3,(H,23,25)(H,24,26). The maximum Gasteiger partial charge on any atom is 0.239 e. The molecule has 2 amide bonds. The van der Waals surface area contributed by atoms with Gasteiger partial charge in [-0.1, -0.05) is 47.0 Å². The van der Waals surface area contributed by atoms with Crippen molar-refractivity contribution in [3.05, 3.63) is 63.6 Å². The van der Waals surface area contributed by atoms with Crippen molar-refractivity contribution in [1.29, 1.82) is 0 Å². The number of benzene rings is 2. The lowest BCUT2D eigenvalue weighted by Crippen LogP contribution is -2.45. The molecule has 0 spiro atoms. The number of rotatable bonds is 6. The molecule has 2 aromatic rings. The van der Waals surface area contributed by atoms with E-state index in [4.69, 9.17) is 23.2 Å². The summed E-state index contributed by atoms with van der Waals surface area (Å²) in [6, 6.07) is 12.7. The summed E-state index contributed by atoms with van der Waals surface area (Å²) in [5.74, 6) is -0.699. The lowest BCUT2D eigenvalue weighted by Gasteiger charge is -2.23. The van der Waals surface area contributed by atoms with E-state index in [-0.39, 0.29) is 11.8 Å². The van der Waals surface area contributed by atoms with Gasteiger partial charge in [0.1, 0.15) is 5.41 Å². The fraction of sp³-hybridized carbons (Fsp3) is 0.300. The van der Waals surface area contributed by atoms with Gasteiger partial charge in [0.2, 0.25) is 11.8 Å². The largest absolute Gasteiger partial charge is 0.355 e. The van der Waals surface area contributed by atoms with Crippen molar-refractivity contribution in [2.75, 3.05) is 11.9 Å². The Balaban J connectivity index is 1.91. The highest BCUT2D eigenvalue weighted by atomic mass is 35.5. The molecule has 0 saturated heterocycles. The molecule has 138 valence electrons. The summed E-state index contributed by atoms with van der Waals surface area (Å²) < 4.78 is 0. The van der Waals surface area contributed by atoms with Gasteiger partial charge < -0.3 is 10.6 Å². The summed E-state index contributed by atoms with van der Waals surface area (Å²) in [7, 11) is 0. The van der Waals surface area contributed by atoms with Gasteiger partial charge in [-0.25, -0.2) is 0 Å². The van der Waals surface area contributed by atoms with Crippen LogP contribution in [0.2, 0.25) is 10.0 Å². The van der Waals surface area contributed by atoms with E-state index in [1.54, 1.807) is 26.0 Å². The molecular formula is C20H22Cl2N2O2. The third kappa shape index (κ3) is 5.23. The Morgan fingerprint density at radius 2 is 1.65 bits per heavy atom. The first-order chi connectivity index (χ1) is 12.2. The van der Waals surface area contributed by atoms with Gasteiger partial charge >= 0.3 is 0 Å². The fourth-order valence-corrected chi connectivity index (χ4v) is 2.79. The van der Waals surface area contributed by atoms with Gasteiger partial charge in [-0.15, -0.1) is 0 Å². The highest BCUT2D eigenvalue weighted by Gasteiger charge is 2.35. The van der Waals surface area contributed by atoms with E-state index in [1.165, 1.54) is 0 Å². The zero-order valence-electron chi connectivity index (χ0n) is 15.0. The fourth-order valence-electron chi connectivity index (χ4n) is 2.28. The second kappa shape index (κ2) is 8.56. The number of halogens is 2. The Labute approximate surface area is 163 Å². The number of anilines is 1. The van der Waals surface area contributed by atoms with Gasteiger partial charge in [0.15, 0.2) is 0 Å². The molecule has 2 rings (SSSR count). The highest BCUT2D eigenvalue weighted by molar-refractivity contribution is 6.35. The molecule has 2 N–H and O–H groups in total. The van der Waals surface area contributed by atoms with Crippen LogP contribution in [-0.2, 0) is 16.0 Å². The van der Waals surface area contributed by atoms with Gasteiger partial charge in [0.05, 0.1) is 0 Å². The highest BCUT2D eigenvalue weighted by Crippen LogP contribution is 2.22. The zero-order valence-corrected chi connectivity index (χ0v) is 16.5. The molecule has 0 atom stereocenters. The Morgan fingerprint density at radius 3 is 2.27 bits per heavy atom. The van der Waals surface area contributed by atoms with E-state index >= 15 is 0 Å². The molecule has 0 aliphatic carbocycles. The van der Waals surface area contributed by atoms with E-state index < -0.39 is 5.41 Å². The first-order valence-electron chi connectivity index (χ1n) is 8.30. The zero-order chi connectivity index (χ0) is 19.3. The minimum absolute atomic E-state index is 0.341. The van der Waals surface area contributed by atoms with Crippen LogP contribution < -0.4 is 10.6 Å².